The highest BCUT2D eigenvalue weighted by Crippen LogP contribution is 2.32. The van der Waals surface area contributed by atoms with E-state index in [1.165, 1.54) is 19.3 Å². The van der Waals surface area contributed by atoms with Gasteiger partial charge in [0, 0.05) is 12.6 Å². The molecule has 1 atom stereocenters. The molecule has 1 unspecified atom stereocenters. The third-order valence-electron chi connectivity index (χ3n) is 5.18. The molecule has 0 aliphatic heterocycles. The lowest BCUT2D eigenvalue weighted by Gasteiger charge is -2.32. The fraction of sp³-hybridized carbons (Fsp3) is 0.421. The van der Waals surface area contributed by atoms with Gasteiger partial charge in [0.15, 0.2) is 11.5 Å². The van der Waals surface area contributed by atoms with Gasteiger partial charge in [-0.3, -0.25) is 0 Å². The SMILES string of the molecule is COc1ccc(Cn2cnc3nc(Cl)nc(NC(C)C4CCC4)c32)cc1. The second kappa shape index (κ2) is 7.11. The van der Waals surface area contributed by atoms with Crippen molar-refractivity contribution in [3.8, 4) is 5.75 Å². The zero-order valence-electron chi connectivity index (χ0n) is 14.9. The molecule has 1 saturated carbocycles. The molecular weight excluding hydrogens is 350 g/mol. The highest BCUT2D eigenvalue weighted by Gasteiger charge is 2.25. The molecule has 4 rings (SSSR count). The first-order valence-corrected chi connectivity index (χ1v) is 9.29. The lowest BCUT2D eigenvalue weighted by atomic mass is 9.80. The van der Waals surface area contributed by atoms with Gasteiger partial charge in [-0.2, -0.15) is 9.97 Å². The third kappa shape index (κ3) is 3.33. The number of hydrogen-bond donors (Lipinski definition) is 1. The summed E-state index contributed by atoms with van der Waals surface area (Å²) >= 11 is 6.11. The first-order chi connectivity index (χ1) is 12.6. The first kappa shape index (κ1) is 17.1. The number of nitrogens with one attached hydrogen (secondary N) is 1. The van der Waals surface area contributed by atoms with Gasteiger partial charge in [0.05, 0.1) is 13.4 Å². The number of hydrogen-bond acceptors (Lipinski definition) is 5. The summed E-state index contributed by atoms with van der Waals surface area (Å²) < 4.78 is 7.28. The van der Waals surface area contributed by atoms with Crippen molar-refractivity contribution in [2.45, 2.75) is 38.8 Å². The van der Waals surface area contributed by atoms with Gasteiger partial charge in [0.25, 0.3) is 0 Å². The maximum absolute atomic E-state index is 6.11. The monoisotopic (exact) mass is 371 g/mol. The zero-order valence-corrected chi connectivity index (χ0v) is 15.7. The molecule has 26 heavy (non-hydrogen) atoms. The molecule has 0 amide bonds. The molecule has 1 aromatic carbocycles. The Morgan fingerprint density at radius 3 is 2.69 bits per heavy atom. The van der Waals surface area contributed by atoms with Crippen LogP contribution in [0.3, 0.4) is 0 Å². The van der Waals surface area contributed by atoms with E-state index in [9.17, 15) is 0 Å². The Bertz CT molecular complexity index is 904. The standard InChI is InChI=1S/C19H22ClN5O/c1-12(14-4-3-5-14)22-18-16-17(23-19(20)24-18)21-11-25(16)10-13-6-8-15(26-2)9-7-13/h6-9,11-12,14H,3-5,10H2,1-2H3,(H,22,23,24). The summed E-state index contributed by atoms with van der Waals surface area (Å²) in [6.07, 6.45) is 5.63. The number of anilines is 1. The molecule has 0 bridgehead atoms. The Hall–Kier alpha value is -2.34. The fourth-order valence-corrected chi connectivity index (χ4v) is 3.54. The smallest absolute Gasteiger partial charge is 0.226 e. The van der Waals surface area contributed by atoms with Crippen LogP contribution in [0.1, 0.15) is 31.7 Å². The molecule has 0 radical (unpaired) electrons. The van der Waals surface area contributed by atoms with Gasteiger partial charge < -0.3 is 14.6 Å². The average Bonchev–Trinajstić information content (AvgIpc) is 2.96. The molecule has 1 N–H and O–H groups in total. The van der Waals surface area contributed by atoms with E-state index in [2.05, 4.69) is 31.8 Å². The third-order valence-corrected chi connectivity index (χ3v) is 5.35. The summed E-state index contributed by atoms with van der Waals surface area (Å²) in [7, 11) is 1.67. The molecule has 2 heterocycles. The largest absolute Gasteiger partial charge is 0.497 e. The lowest BCUT2D eigenvalue weighted by Crippen LogP contribution is -2.31. The van der Waals surface area contributed by atoms with Gasteiger partial charge in [-0.15, -0.1) is 0 Å². The summed E-state index contributed by atoms with van der Waals surface area (Å²) in [6, 6.07) is 8.36. The minimum absolute atomic E-state index is 0.218. The van der Waals surface area contributed by atoms with Crippen LogP contribution in [0.5, 0.6) is 5.75 Å². The van der Waals surface area contributed by atoms with Crippen LogP contribution in [0.25, 0.3) is 11.2 Å². The zero-order chi connectivity index (χ0) is 18.1. The molecule has 2 aromatic heterocycles. The van der Waals surface area contributed by atoms with Crippen molar-refractivity contribution in [2.75, 3.05) is 12.4 Å². The summed E-state index contributed by atoms with van der Waals surface area (Å²) in [4.78, 5) is 13.1. The van der Waals surface area contributed by atoms with E-state index in [1.54, 1.807) is 13.4 Å². The predicted octanol–water partition coefficient (Wildman–Crippen LogP) is 4.14. The number of methoxy groups -OCH3 is 1. The van der Waals surface area contributed by atoms with Crippen molar-refractivity contribution in [2.24, 2.45) is 5.92 Å². The van der Waals surface area contributed by atoms with Crippen LogP contribution in [0.15, 0.2) is 30.6 Å². The second-order valence-electron chi connectivity index (χ2n) is 6.86. The van der Waals surface area contributed by atoms with E-state index >= 15 is 0 Å². The van der Waals surface area contributed by atoms with Gasteiger partial charge in [-0.25, -0.2) is 4.98 Å². The van der Waals surface area contributed by atoms with E-state index in [0.29, 0.717) is 24.2 Å². The van der Waals surface area contributed by atoms with Crippen molar-refractivity contribution >= 4 is 28.6 Å². The van der Waals surface area contributed by atoms with Gasteiger partial charge >= 0.3 is 0 Å². The van der Waals surface area contributed by atoms with Crippen molar-refractivity contribution in [3.05, 3.63) is 41.4 Å². The Balaban J connectivity index is 1.65. The van der Waals surface area contributed by atoms with Crippen molar-refractivity contribution < 1.29 is 4.74 Å². The lowest BCUT2D eigenvalue weighted by molar-refractivity contribution is 0.285. The average molecular weight is 372 g/mol. The van der Waals surface area contributed by atoms with E-state index in [-0.39, 0.29) is 5.28 Å². The topological polar surface area (TPSA) is 64.9 Å². The van der Waals surface area contributed by atoms with E-state index in [1.807, 2.05) is 24.3 Å². The molecule has 1 aliphatic rings. The van der Waals surface area contributed by atoms with Crippen LogP contribution < -0.4 is 10.1 Å². The summed E-state index contributed by atoms with van der Waals surface area (Å²) in [6.45, 7) is 2.88. The number of ether oxygens (including phenoxy) is 1. The molecule has 1 aliphatic carbocycles. The Kier molecular flexibility index (Phi) is 4.68. The maximum atomic E-state index is 6.11. The molecule has 0 spiro atoms. The molecule has 6 nitrogen and oxygen atoms in total. The van der Waals surface area contributed by atoms with Crippen LogP contribution in [0.2, 0.25) is 5.28 Å². The maximum Gasteiger partial charge on any atom is 0.226 e. The number of fused-ring (bicyclic) bond motifs is 1. The van der Waals surface area contributed by atoms with E-state index in [4.69, 9.17) is 16.3 Å². The highest BCUT2D eigenvalue weighted by molar-refractivity contribution is 6.28. The predicted molar refractivity (Wildman–Crippen MR) is 103 cm³/mol. The van der Waals surface area contributed by atoms with Crippen LogP contribution in [-0.2, 0) is 6.54 Å². The summed E-state index contributed by atoms with van der Waals surface area (Å²) in [5.74, 6) is 2.29. The quantitative estimate of drug-likeness (QED) is 0.660. The van der Waals surface area contributed by atoms with Crippen molar-refractivity contribution in [1.29, 1.82) is 0 Å². The minimum atomic E-state index is 0.218. The van der Waals surface area contributed by atoms with Gasteiger partial charge in [0.2, 0.25) is 5.28 Å². The number of aromatic nitrogens is 4. The highest BCUT2D eigenvalue weighted by atomic mass is 35.5. The van der Waals surface area contributed by atoms with Crippen LogP contribution in [-0.4, -0.2) is 32.7 Å². The normalized spacial score (nSPS) is 15.7. The number of nitrogens with zero attached hydrogens (tertiary/aromatic N) is 4. The fourth-order valence-electron chi connectivity index (χ4n) is 3.37. The number of halogens is 1. The van der Waals surface area contributed by atoms with Crippen LogP contribution in [0, 0.1) is 5.92 Å². The minimum Gasteiger partial charge on any atom is -0.497 e. The second-order valence-corrected chi connectivity index (χ2v) is 7.20. The Morgan fingerprint density at radius 1 is 1.27 bits per heavy atom. The molecule has 7 heteroatoms. The molecule has 3 aromatic rings. The van der Waals surface area contributed by atoms with Crippen molar-refractivity contribution in [1.82, 2.24) is 19.5 Å². The van der Waals surface area contributed by atoms with E-state index in [0.717, 1.165) is 22.6 Å². The van der Waals surface area contributed by atoms with Gasteiger partial charge in [-0.1, -0.05) is 18.6 Å². The summed E-state index contributed by atoms with van der Waals surface area (Å²) in [5, 5.41) is 3.76. The summed E-state index contributed by atoms with van der Waals surface area (Å²) in [5.41, 5.74) is 2.65. The number of rotatable bonds is 6. The van der Waals surface area contributed by atoms with Gasteiger partial charge in [0.1, 0.15) is 11.3 Å². The Morgan fingerprint density at radius 2 is 2.04 bits per heavy atom. The van der Waals surface area contributed by atoms with Crippen LogP contribution in [0.4, 0.5) is 5.82 Å². The molecule has 136 valence electrons. The molecule has 0 saturated heterocycles. The number of imidazole rings is 1. The van der Waals surface area contributed by atoms with Crippen LogP contribution >= 0.6 is 11.6 Å². The van der Waals surface area contributed by atoms with E-state index < -0.39 is 0 Å². The molecule has 1 fully saturated rings. The van der Waals surface area contributed by atoms with Gasteiger partial charge in [-0.05, 0) is 55.0 Å². The number of benzene rings is 1. The first-order valence-electron chi connectivity index (χ1n) is 8.92. The molecular formula is C19H22ClN5O. The Labute approximate surface area is 157 Å². The van der Waals surface area contributed by atoms with Crippen molar-refractivity contribution in [3.63, 3.8) is 0 Å².